The van der Waals surface area contributed by atoms with Crippen LogP contribution in [0.4, 0.5) is 0 Å². The van der Waals surface area contributed by atoms with Gasteiger partial charge in [-0.1, -0.05) is 6.08 Å². The summed E-state index contributed by atoms with van der Waals surface area (Å²) in [6.07, 6.45) is 2.65. The van der Waals surface area contributed by atoms with Gasteiger partial charge in [0.05, 0.1) is 34.0 Å². The molecule has 0 aliphatic rings. The molecule has 0 heterocycles. The number of carbonyl (C=O) groups excluding carboxylic acids is 1. The molecule has 0 atom stereocenters. The predicted octanol–water partition coefficient (Wildman–Crippen LogP) is 3.34. The number of amides is 1. The number of ether oxygens (including phenoxy) is 2. The van der Waals surface area contributed by atoms with Gasteiger partial charge in [0, 0.05) is 16.0 Å². The third kappa shape index (κ3) is 4.03. The van der Waals surface area contributed by atoms with Gasteiger partial charge >= 0.3 is 0 Å². The fourth-order valence-electron chi connectivity index (χ4n) is 3.73. The Hall–Kier alpha value is -3.62. The molecule has 0 unspecified atom stereocenters. The number of aliphatic hydroxyl groups is 3. The van der Waals surface area contributed by atoms with Crippen LogP contribution >= 0.6 is 0 Å². The number of benzene rings is 3. The van der Waals surface area contributed by atoms with Crippen LogP contribution in [0.15, 0.2) is 35.5 Å². The first kappa shape index (κ1) is 22.1. The smallest absolute Gasteiger partial charge is 0.242 e. The van der Waals surface area contributed by atoms with E-state index in [0.717, 1.165) is 16.8 Å². The van der Waals surface area contributed by atoms with E-state index in [0.29, 0.717) is 44.5 Å². The summed E-state index contributed by atoms with van der Waals surface area (Å²) >= 11 is 0. The molecule has 3 aromatic carbocycles. The highest BCUT2D eigenvalue weighted by Crippen LogP contribution is 2.40. The first-order valence-electron chi connectivity index (χ1n) is 9.28. The second-order valence-corrected chi connectivity index (χ2v) is 6.64. The maximum atomic E-state index is 11.7. The van der Waals surface area contributed by atoms with Crippen molar-refractivity contribution in [3.63, 3.8) is 0 Å². The van der Waals surface area contributed by atoms with Crippen molar-refractivity contribution < 1.29 is 29.6 Å². The zero-order valence-corrected chi connectivity index (χ0v) is 17.0. The van der Waals surface area contributed by atoms with Gasteiger partial charge in [-0.15, -0.1) is 0 Å². The second-order valence-electron chi connectivity index (χ2n) is 6.64. The van der Waals surface area contributed by atoms with Crippen LogP contribution in [0.3, 0.4) is 0 Å². The molecule has 0 fully saturated rings. The molecule has 0 aliphatic carbocycles. The van der Waals surface area contributed by atoms with Crippen LogP contribution in [0.25, 0.3) is 38.1 Å². The zero-order valence-electron chi connectivity index (χ0n) is 17.0. The molecular formula is C22H21N3O6. The molecule has 3 rings (SSSR count). The van der Waals surface area contributed by atoms with Gasteiger partial charge in [0.25, 0.3) is 0 Å². The summed E-state index contributed by atoms with van der Waals surface area (Å²) in [5.41, 5.74) is 10.5. The van der Waals surface area contributed by atoms with Gasteiger partial charge in [-0.2, -0.15) is 0 Å². The normalized spacial score (nSPS) is 11.1. The lowest BCUT2D eigenvalue weighted by atomic mass is 9.89. The maximum Gasteiger partial charge on any atom is 0.242 e. The van der Waals surface area contributed by atoms with Crippen LogP contribution < -0.4 is 9.47 Å². The number of azide groups is 1. The van der Waals surface area contributed by atoms with Gasteiger partial charge in [0.15, 0.2) is 0 Å². The first-order chi connectivity index (χ1) is 15.0. The third-order valence-corrected chi connectivity index (χ3v) is 5.11. The summed E-state index contributed by atoms with van der Waals surface area (Å²) in [4.78, 5) is 14.2. The summed E-state index contributed by atoms with van der Waals surface area (Å²) in [7, 11) is 2.95. The van der Waals surface area contributed by atoms with Crippen molar-refractivity contribution in [1.29, 1.82) is 0 Å². The minimum atomic E-state index is -0.759. The molecule has 9 nitrogen and oxygen atoms in total. The number of rotatable bonds is 7. The standard InChI is InChI=1S/C22H21N3O6/c1-30-19-7-13-5-12(3-4-21(29)24-25-23)16-8-20(31-2)17(10-27)18(11-28)22(16)15(13)6-14(19)9-26/h3-8,26-28H,9-11H2,1-2H3/b4-3+. The SMILES string of the molecule is COc1cc2cc(/C=C/C(=O)N=[N+]=[N-])c3cc(OC)c(CO)c(CO)c3c2cc1CO. The van der Waals surface area contributed by atoms with E-state index in [1.54, 1.807) is 24.3 Å². The Morgan fingerprint density at radius 3 is 2.29 bits per heavy atom. The number of methoxy groups -OCH3 is 2. The Balaban J connectivity index is 2.52. The second kappa shape index (κ2) is 9.46. The topological polar surface area (TPSA) is 145 Å². The summed E-state index contributed by atoms with van der Waals surface area (Å²) in [5, 5.41) is 35.6. The van der Waals surface area contributed by atoms with Crippen molar-refractivity contribution >= 4 is 33.5 Å². The van der Waals surface area contributed by atoms with E-state index in [4.69, 9.17) is 15.0 Å². The molecule has 9 heteroatoms. The molecule has 3 N–H and O–H groups in total. The Kier molecular flexibility index (Phi) is 6.74. The largest absolute Gasteiger partial charge is 0.496 e. The quantitative estimate of drug-likeness (QED) is 0.175. The summed E-state index contributed by atoms with van der Waals surface area (Å²) in [5.74, 6) is 0.103. The summed E-state index contributed by atoms with van der Waals surface area (Å²) < 4.78 is 10.8. The molecule has 0 radical (unpaired) electrons. The van der Waals surface area contributed by atoms with E-state index >= 15 is 0 Å². The number of fused-ring (bicyclic) bond motifs is 3. The van der Waals surface area contributed by atoms with Crippen LogP contribution in [0.2, 0.25) is 0 Å². The fourth-order valence-corrected chi connectivity index (χ4v) is 3.73. The highest BCUT2D eigenvalue weighted by atomic mass is 16.5. The van der Waals surface area contributed by atoms with Crippen molar-refractivity contribution in [2.24, 2.45) is 5.11 Å². The van der Waals surface area contributed by atoms with Crippen molar-refractivity contribution in [2.75, 3.05) is 14.2 Å². The lowest BCUT2D eigenvalue weighted by molar-refractivity contribution is -0.113. The van der Waals surface area contributed by atoms with E-state index in [9.17, 15) is 20.1 Å². The number of hydrogen-bond donors (Lipinski definition) is 3. The van der Waals surface area contributed by atoms with E-state index in [-0.39, 0.29) is 19.8 Å². The molecule has 1 amide bonds. The van der Waals surface area contributed by atoms with Gasteiger partial charge in [0.2, 0.25) is 5.91 Å². The average molecular weight is 423 g/mol. The van der Waals surface area contributed by atoms with E-state index in [1.807, 2.05) is 0 Å². The Bertz CT molecular complexity index is 1250. The maximum absolute atomic E-state index is 11.7. The molecule has 0 bridgehead atoms. The van der Waals surface area contributed by atoms with Gasteiger partial charge in [-0.05, 0) is 73.7 Å². The summed E-state index contributed by atoms with van der Waals surface area (Å²) in [6.45, 7) is -0.973. The number of hydrogen-bond acceptors (Lipinski definition) is 6. The number of aliphatic hydroxyl groups excluding tert-OH is 3. The third-order valence-electron chi connectivity index (χ3n) is 5.11. The van der Waals surface area contributed by atoms with Crippen molar-refractivity contribution in [1.82, 2.24) is 0 Å². The Morgan fingerprint density at radius 1 is 1.00 bits per heavy atom. The molecule has 0 aromatic heterocycles. The lowest BCUT2D eigenvalue weighted by Crippen LogP contribution is -2.02. The molecule has 160 valence electrons. The van der Waals surface area contributed by atoms with Gasteiger partial charge in [-0.25, -0.2) is 0 Å². The van der Waals surface area contributed by atoms with Crippen LogP contribution in [0.1, 0.15) is 22.3 Å². The van der Waals surface area contributed by atoms with Crippen LogP contribution in [-0.2, 0) is 24.6 Å². The molecule has 0 saturated carbocycles. The Labute approximate surface area is 177 Å². The van der Waals surface area contributed by atoms with Crippen LogP contribution in [0, 0.1) is 0 Å². The van der Waals surface area contributed by atoms with Crippen molar-refractivity contribution in [3.05, 3.63) is 63.0 Å². The Morgan fingerprint density at radius 2 is 1.71 bits per heavy atom. The minimum Gasteiger partial charge on any atom is -0.496 e. The van der Waals surface area contributed by atoms with Crippen molar-refractivity contribution in [3.8, 4) is 11.5 Å². The van der Waals surface area contributed by atoms with Gasteiger partial charge in [0.1, 0.15) is 11.5 Å². The van der Waals surface area contributed by atoms with Gasteiger partial charge in [-0.3, -0.25) is 4.79 Å². The minimum absolute atomic E-state index is 0.250. The number of nitrogens with zero attached hydrogens (tertiary/aromatic N) is 3. The monoisotopic (exact) mass is 423 g/mol. The fraction of sp³-hybridized carbons (Fsp3) is 0.227. The first-order valence-corrected chi connectivity index (χ1v) is 9.28. The van der Waals surface area contributed by atoms with E-state index < -0.39 is 5.91 Å². The zero-order chi connectivity index (χ0) is 22.5. The molecule has 0 aliphatic heterocycles. The van der Waals surface area contributed by atoms with Crippen LogP contribution in [-0.4, -0.2) is 35.4 Å². The molecular weight excluding hydrogens is 402 g/mol. The average Bonchev–Trinajstić information content (AvgIpc) is 2.80. The molecule has 3 aromatic rings. The van der Waals surface area contributed by atoms with E-state index in [1.165, 1.54) is 20.3 Å². The number of carbonyl (C=O) groups is 1. The highest BCUT2D eigenvalue weighted by Gasteiger charge is 2.18. The summed E-state index contributed by atoms with van der Waals surface area (Å²) in [6, 6.07) is 7.03. The lowest BCUT2D eigenvalue weighted by Gasteiger charge is -2.19. The molecule has 0 spiro atoms. The van der Waals surface area contributed by atoms with Crippen LogP contribution in [0.5, 0.6) is 11.5 Å². The molecule has 0 saturated heterocycles. The van der Waals surface area contributed by atoms with Gasteiger partial charge < -0.3 is 24.8 Å². The highest BCUT2D eigenvalue weighted by molar-refractivity contribution is 6.14. The van der Waals surface area contributed by atoms with Crippen molar-refractivity contribution in [2.45, 2.75) is 19.8 Å². The van der Waals surface area contributed by atoms with E-state index in [2.05, 4.69) is 10.0 Å². The molecule has 31 heavy (non-hydrogen) atoms. The predicted molar refractivity (Wildman–Crippen MR) is 116 cm³/mol.